The second kappa shape index (κ2) is 8.14. The van der Waals surface area contributed by atoms with Gasteiger partial charge in [-0.2, -0.15) is 0 Å². The van der Waals surface area contributed by atoms with Crippen LogP contribution in [0.3, 0.4) is 0 Å². The molecule has 2 rings (SSSR count). The van der Waals surface area contributed by atoms with Crippen molar-refractivity contribution in [2.45, 2.75) is 59.9 Å². The van der Waals surface area contributed by atoms with Crippen LogP contribution in [0, 0.1) is 13.8 Å². The molecular formula is C17H29N5O2S. The van der Waals surface area contributed by atoms with E-state index < -0.39 is 10.0 Å². The lowest BCUT2D eigenvalue weighted by atomic mass is 10.2. The molecule has 8 heteroatoms. The lowest BCUT2D eigenvalue weighted by Crippen LogP contribution is -2.27. The molecule has 3 N–H and O–H groups in total. The van der Waals surface area contributed by atoms with Gasteiger partial charge < -0.3 is 10.3 Å². The Bertz CT molecular complexity index is 843. The van der Waals surface area contributed by atoms with E-state index in [1.54, 1.807) is 0 Å². The lowest BCUT2D eigenvalue weighted by molar-refractivity contribution is 0.569. The Hall–Kier alpha value is -1.67. The maximum absolute atomic E-state index is 12.1. The Morgan fingerprint density at radius 3 is 2.52 bits per heavy atom. The first-order valence-electron chi connectivity index (χ1n) is 8.89. The number of nitrogen functional groups attached to an aromatic ring is 1. The first-order valence-corrected chi connectivity index (χ1v) is 10.5. The zero-order valence-corrected chi connectivity index (χ0v) is 16.4. The number of aryl methyl sites for hydroxylation is 4. The summed E-state index contributed by atoms with van der Waals surface area (Å²) in [5.74, 6) is 1.45. The van der Waals surface area contributed by atoms with Crippen LogP contribution in [0.4, 0.5) is 5.82 Å². The van der Waals surface area contributed by atoms with Gasteiger partial charge in [-0.05, 0) is 32.3 Å². The minimum atomic E-state index is -3.23. The Labute approximate surface area is 150 Å². The van der Waals surface area contributed by atoms with E-state index in [1.165, 1.54) is 0 Å². The number of sulfonamides is 1. The van der Waals surface area contributed by atoms with E-state index in [4.69, 9.17) is 5.73 Å². The largest absolute Gasteiger partial charge is 0.382 e. The number of nitrogens with one attached hydrogen (secondary N) is 1. The van der Waals surface area contributed by atoms with Crippen LogP contribution in [0.1, 0.15) is 50.2 Å². The monoisotopic (exact) mass is 367 g/mol. The molecular weight excluding hydrogens is 338 g/mol. The van der Waals surface area contributed by atoms with E-state index in [9.17, 15) is 8.42 Å². The zero-order chi connectivity index (χ0) is 18.6. The maximum atomic E-state index is 12.1. The van der Waals surface area contributed by atoms with Crippen molar-refractivity contribution in [2.24, 2.45) is 0 Å². The SMILES string of the molecule is CCCCNS(=O)(=O)CCCn1c(CC)nc2c(N)nc(C)c(C)c21. The van der Waals surface area contributed by atoms with Crippen molar-refractivity contribution in [2.75, 3.05) is 18.0 Å². The number of fused-ring (bicyclic) bond motifs is 1. The van der Waals surface area contributed by atoms with Gasteiger partial charge in [-0.3, -0.25) is 0 Å². The molecule has 0 aliphatic rings. The molecule has 7 nitrogen and oxygen atoms in total. The quantitative estimate of drug-likeness (QED) is 0.662. The molecule has 0 unspecified atom stereocenters. The smallest absolute Gasteiger partial charge is 0.211 e. The maximum Gasteiger partial charge on any atom is 0.211 e. The van der Waals surface area contributed by atoms with Crippen LogP contribution in [0.5, 0.6) is 0 Å². The molecule has 0 saturated carbocycles. The number of unbranched alkanes of at least 4 members (excludes halogenated alkanes) is 1. The molecule has 140 valence electrons. The number of hydrogen-bond donors (Lipinski definition) is 2. The summed E-state index contributed by atoms with van der Waals surface area (Å²) in [4.78, 5) is 8.97. The summed E-state index contributed by atoms with van der Waals surface area (Å²) in [5.41, 5.74) is 9.64. The van der Waals surface area contributed by atoms with E-state index in [0.29, 0.717) is 30.8 Å². The van der Waals surface area contributed by atoms with Crippen LogP contribution >= 0.6 is 0 Å². The highest BCUT2D eigenvalue weighted by Gasteiger charge is 2.17. The third-order valence-electron chi connectivity index (χ3n) is 4.44. The van der Waals surface area contributed by atoms with Gasteiger partial charge in [-0.25, -0.2) is 23.1 Å². The standard InChI is InChI=1S/C17H29N5O2S/c1-5-7-9-19-25(23,24)11-8-10-22-14(6-2)21-15-16(22)12(3)13(4)20-17(15)18/h19H,5-11H2,1-4H3,(H2,18,20). The summed E-state index contributed by atoms with van der Waals surface area (Å²) >= 11 is 0. The topological polar surface area (TPSA) is 103 Å². The predicted molar refractivity (Wildman–Crippen MR) is 102 cm³/mol. The molecule has 2 aromatic rings. The van der Waals surface area contributed by atoms with Gasteiger partial charge in [0, 0.05) is 25.2 Å². The van der Waals surface area contributed by atoms with Crippen molar-refractivity contribution in [3.8, 4) is 0 Å². The van der Waals surface area contributed by atoms with Crippen LogP contribution in [0.25, 0.3) is 11.0 Å². The van der Waals surface area contributed by atoms with Crippen molar-refractivity contribution in [1.29, 1.82) is 0 Å². The number of rotatable bonds is 9. The first kappa shape index (κ1) is 19.7. The number of nitrogens with two attached hydrogens (primary N) is 1. The van der Waals surface area contributed by atoms with Gasteiger partial charge in [0.15, 0.2) is 5.82 Å². The van der Waals surface area contributed by atoms with E-state index in [0.717, 1.165) is 41.9 Å². The number of hydrogen-bond acceptors (Lipinski definition) is 5. The summed E-state index contributed by atoms with van der Waals surface area (Å²) < 4.78 is 28.9. The van der Waals surface area contributed by atoms with Gasteiger partial charge in [-0.1, -0.05) is 20.3 Å². The molecule has 0 atom stereocenters. The summed E-state index contributed by atoms with van der Waals surface area (Å²) in [6, 6.07) is 0. The molecule has 2 aromatic heterocycles. The van der Waals surface area contributed by atoms with Crippen molar-refractivity contribution >= 4 is 26.9 Å². The summed E-state index contributed by atoms with van der Waals surface area (Å²) in [7, 11) is -3.23. The average molecular weight is 368 g/mol. The molecule has 2 heterocycles. The van der Waals surface area contributed by atoms with Crippen LogP contribution in [0.2, 0.25) is 0 Å². The molecule has 0 fully saturated rings. The molecule has 0 spiro atoms. The fraction of sp³-hybridized carbons (Fsp3) is 0.647. The third kappa shape index (κ3) is 4.49. The molecule has 0 radical (unpaired) electrons. The fourth-order valence-electron chi connectivity index (χ4n) is 2.95. The molecule has 0 aliphatic carbocycles. The van der Waals surface area contributed by atoms with Gasteiger partial charge in [0.25, 0.3) is 0 Å². The summed E-state index contributed by atoms with van der Waals surface area (Å²) in [5, 5.41) is 0. The van der Waals surface area contributed by atoms with Crippen LogP contribution < -0.4 is 10.5 Å². The van der Waals surface area contributed by atoms with Crippen LogP contribution in [-0.2, 0) is 23.0 Å². The van der Waals surface area contributed by atoms with Crippen molar-refractivity contribution < 1.29 is 8.42 Å². The highest BCUT2D eigenvalue weighted by molar-refractivity contribution is 7.89. The normalized spacial score (nSPS) is 12.2. The Morgan fingerprint density at radius 1 is 1.16 bits per heavy atom. The number of nitrogens with zero attached hydrogens (tertiary/aromatic N) is 3. The van der Waals surface area contributed by atoms with E-state index in [-0.39, 0.29) is 5.75 Å². The van der Waals surface area contributed by atoms with Gasteiger partial charge in [-0.15, -0.1) is 0 Å². The minimum absolute atomic E-state index is 0.109. The Kier molecular flexibility index (Phi) is 6.40. The molecule has 0 saturated heterocycles. The van der Waals surface area contributed by atoms with E-state index in [1.807, 2.05) is 27.7 Å². The van der Waals surface area contributed by atoms with Gasteiger partial charge in [0.05, 0.1) is 11.3 Å². The van der Waals surface area contributed by atoms with Gasteiger partial charge >= 0.3 is 0 Å². The highest BCUT2D eigenvalue weighted by atomic mass is 32.2. The van der Waals surface area contributed by atoms with Gasteiger partial charge in [0.2, 0.25) is 10.0 Å². The van der Waals surface area contributed by atoms with Crippen LogP contribution in [-0.4, -0.2) is 35.3 Å². The number of imidazole rings is 1. The summed E-state index contributed by atoms with van der Waals surface area (Å²) in [6.45, 7) is 9.11. The highest BCUT2D eigenvalue weighted by Crippen LogP contribution is 2.26. The molecule has 0 amide bonds. The van der Waals surface area contributed by atoms with Crippen LogP contribution in [0.15, 0.2) is 0 Å². The Balaban J connectivity index is 2.21. The fourth-order valence-corrected chi connectivity index (χ4v) is 4.06. The lowest BCUT2D eigenvalue weighted by Gasteiger charge is -2.12. The Morgan fingerprint density at radius 2 is 1.88 bits per heavy atom. The second-order valence-corrected chi connectivity index (χ2v) is 8.28. The number of anilines is 1. The number of aromatic nitrogens is 3. The third-order valence-corrected chi connectivity index (χ3v) is 5.91. The predicted octanol–water partition coefficient (Wildman–Crippen LogP) is 2.30. The van der Waals surface area contributed by atoms with Gasteiger partial charge in [0.1, 0.15) is 11.3 Å². The minimum Gasteiger partial charge on any atom is -0.382 e. The van der Waals surface area contributed by atoms with E-state index in [2.05, 4.69) is 19.3 Å². The zero-order valence-electron chi connectivity index (χ0n) is 15.6. The first-order chi connectivity index (χ1) is 11.8. The molecule has 0 aliphatic heterocycles. The number of pyridine rings is 1. The van der Waals surface area contributed by atoms with E-state index >= 15 is 0 Å². The second-order valence-electron chi connectivity index (χ2n) is 6.36. The molecule has 25 heavy (non-hydrogen) atoms. The average Bonchev–Trinajstić information content (AvgIpc) is 2.92. The molecule has 0 bridgehead atoms. The summed E-state index contributed by atoms with van der Waals surface area (Å²) in [6.07, 6.45) is 3.11. The van der Waals surface area contributed by atoms with Crippen molar-refractivity contribution in [3.63, 3.8) is 0 Å². The molecule has 0 aromatic carbocycles. The van der Waals surface area contributed by atoms with Crippen molar-refractivity contribution in [1.82, 2.24) is 19.3 Å². The van der Waals surface area contributed by atoms with Crippen molar-refractivity contribution in [3.05, 3.63) is 17.1 Å².